The molecule has 0 saturated heterocycles. The Kier molecular flexibility index (Phi) is 7.28. The summed E-state index contributed by atoms with van der Waals surface area (Å²) in [4.78, 5) is 2.41. The molecule has 56 heavy (non-hydrogen) atoms. The Morgan fingerprint density at radius 3 is 1.79 bits per heavy atom. The zero-order chi connectivity index (χ0) is 37.4. The largest absolute Gasteiger partial charge is 0.310 e. The summed E-state index contributed by atoms with van der Waals surface area (Å²) in [5, 5.41) is 10.2. The van der Waals surface area contributed by atoms with E-state index in [1.165, 1.54) is 93.3 Å². The van der Waals surface area contributed by atoms with Gasteiger partial charge in [-0.05, 0) is 119 Å². The molecule has 1 aliphatic carbocycles. The van der Waals surface area contributed by atoms with Crippen LogP contribution < -0.4 is 4.90 Å². The van der Waals surface area contributed by atoms with Gasteiger partial charge in [0.05, 0.1) is 5.69 Å². The number of hydrogen-bond acceptors (Lipinski definition) is 1. The van der Waals surface area contributed by atoms with Gasteiger partial charge in [-0.15, -0.1) is 0 Å². The Morgan fingerprint density at radius 1 is 0.357 bits per heavy atom. The van der Waals surface area contributed by atoms with Gasteiger partial charge >= 0.3 is 0 Å². The maximum Gasteiger partial charge on any atom is 0.0546 e. The van der Waals surface area contributed by atoms with Gasteiger partial charge in [0, 0.05) is 22.2 Å². The molecule has 1 nitrogen and oxygen atoms in total. The number of rotatable bonds is 5. The Hall–Kier alpha value is -6.96. The van der Waals surface area contributed by atoms with Crippen molar-refractivity contribution in [2.24, 2.45) is 0 Å². The molecule has 0 N–H and O–H groups in total. The zero-order valence-electron chi connectivity index (χ0n) is 31.5. The number of fused-ring (bicyclic) bond motifs is 6. The van der Waals surface area contributed by atoms with Gasteiger partial charge in [0.1, 0.15) is 0 Å². The first kappa shape index (κ1) is 32.5. The number of hydrogen-bond donors (Lipinski definition) is 0. The topological polar surface area (TPSA) is 3.24 Å². The molecule has 0 unspecified atom stereocenters. The van der Waals surface area contributed by atoms with Crippen molar-refractivity contribution in [1.29, 1.82) is 0 Å². The molecular formula is C55H39N. The van der Waals surface area contributed by atoms with Crippen LogP contribution in [0.5, 0.6) is 0 Å². The minimum Gasteiger partial charge on any atom is -0.310 e. The van der Waals surface area contributed by atoms with Crippen LogP contribution >= 0.6 is 0 Å². The predicted octanol–water partition coefficient (Wildman–Crippen LogP) is 15.4. The third-order valence-corrected chi connectivity index (χ3v) is 12.2. The van der Waals surface area contributed by atoms with E-state index in [0.717, 1.165) is 11.4 Å². The molecule has 1 aliphatic rings. The summed E-state index contributed by atoms with van der Waals surface area (Å²) >= 11 is 0. The van der Waals surface area contributed by atoms with Crippen LogP contribution in [0.4, 0.5) is 17.1 Å². The Bertz CT molecular complexity index is 3150. The lowest BCUT2D eigenvalue weighted by Gasteiger charge is -2.36. The number of benzene rings is 10. The average Bonchev–Trinajstić information content (AvgIpc) is 3.26. The van der Waals surface area contributed by atoms with Crippen LogP contribution in [0.1, 0.15) is 25.0 Å². The van der Waals surface area contributed by atoms with Gasteiger partial charge < -0.3 is 4.90 Å². The fourth-order valence-electron chi connectivity index (χ4n) is 9.50. The van der Waals surface area contributed by atoms with Gasteiger partial charge in [-0.3, -0.25) is 0 Å². The maximum absolute atomic E-state index is 2.46. The monoisotopic (exact) mass is 713 g/mol. The Morgan fingerprint density at radius 2 is 0.964 bits per heavy atom. The van der Waals surface area contributed by atoms with Crippen LogP contribution in [-0.2, 0) is 5.41 Å². The standard InChI is InChI=1S/C55H39N/c1-55(2)50-25-13-17-38-28-32-46(54(53(38)50)49-33-29-40(34-51(49)55)44-24-12-16-36-14-6-8-20-43(36)44)37-26-30-42(31-27-37)56(41-18-4-3-5-19-41)52-35-39-15-7-9-21-45(39)47-22-10-11-23-48(47)52/h3-35H,1-2H3. The first-order valence-corrected chi connectivity index (χ1v) is 19.6. The zero-order valence-corrected chi connectivity index (χ0v) is 31.5. The van der Waals surface area contributed by atoms with E-state index in [9.17, 15) is 0 Å². The van der Waals surface area contributed by atoms with Crippen LogP contribution in [0.15, 0.2) is 200 Å². The first-order chi connectivity index (χ1) is 27.5. The molecule has 1 heteroatoms. The van der Waals surface area contributed by atoms with E-state index in [2.05, 4.69) is 219 Å². The van der Waals surface area contributed by atoms with Crippen LogP contribution in [0.25, 0.3) is 76.5 Å². The highest BCUT2D eigenvalue weighted by Crippen LogP contribution is 2.53. The van der Waals surface area contributed by atoms with Crippen molar-refractivity contribution in [3.63, 3.8) is 0 Å². The molecule has 0 saturated carbocycles. The smallest absolute Gasteiger partial charge is 0.0546 e. The maximum atomic E-state index is 2.46. The Balaban J connectivity index is 1.09. The summed E-state index contributed by atoms with van der Waals surface area (Å²) in [5.74, 6) is 0. The second-order valence-electron chi connectivity index (χ2n) is 15.7. The third kappa shape index (κ3) is 4.94. The lowest BCUT2D eigenvalue weighted by Crippen LogP contribution is -2.24. The molecule has 10 aromatic rings. The minimum absolute atomic E-state index is 0.177. The van der Waals surface area contributed by atoms with E-state index in [-0.39, 0.29) is 5.41 Å². The summed E-state index contributed by atoms with van der Waals surface area (Å²) in [6.45, 7) is 4.79. The van der Waals surface area contributed by atoms with Crippen molar-refractivity contribution < 1.29 is 0 Å². The van der Waals surface area contributed by atoms with Gasteiger partial charge in [0.25, 0.3) is 0 Å². The second-order valence-corrected chi connectivity index (χ2v) is 15.7. The molecule has 0 aliphatic heterocycles. The molecule has 0 heterocycles. The fourth-order valence-corrected chi connectivity index (χ4v) is 9.50. The fraction of sp³-hybridized carbons (Fsp3) is 0.0545. The number of para-hydroxylation sites is 1. The highest BCUT2D eigenvalue weighted by atomic mass is 15.1. The number of nitrogens with zero attached hydrogens (tertiary/aromatic N) is 1. The van der Waals surface area contributed by atoms with Gasteiger partial charge in [-0.1, -0.05) is 178 Å². The highest BCUT2D eigenvalue weighted by molar-refractivity contribution is 6.15. The van der Waals surface area contributed by atoms with E-state index in [0.29, 0.717) is 0 Å². The number of anilines is 3. The molecule has 0 spiro atoms. The van der Waals surface area contributed by atoms with Gasteiger partial charge in [-0.2, -0.15) is 0 Å². The third-order valence-electron chi connectivity index (χ3n) is 12.2. The second kappa shape index (κ2) is 12.5. The van der Waals surface area contributed by atoms with E-state index in [1.54, 1.807) is 0 Å². The van der Waals surface area contributed by atoms with Gasteiger partial charge in [0.2, 0.25) is 0 Å². The average molecular weight is 714 g/mol. The van der Waals surface area contributed by atoms with Crippen molar-refractivity contribution in [2.75, 3.05) is 4.90 Å². The summed E-state index contributed by atoms with van der Waals surface area (Å²) in [6.07, 6.45) is 0. The minimum atomic E-state index is -0.177. The van der Waals surface area contributed by atoms with Crippen molar-refractivity contribution in [3.05, 3.63) is 211 Å². The Labute approximate surface area is 327 Å². The van der Waals surface area contributed by atoms with E-state index in [4.69, 9.17) is 0 Å². The van der Waals surface area contributed by atoms with Crippen molar-refractivity contribution in [2.45, 2.75) is 19.3 Å². The van der Waals surface area contributed by atoms with Crippen molar-refractivity contribution in [3.8, 4) is 33.4 Å². The molecule has 0 radical (unpaired) electrons. The van der Waals surface area contributed by atoms with Gasteiger partial charge in [0.15, 0.2) is 0 Å². The quantitative estimate of drug-likeness (QED) is 0.161. The molecule has 264 valence electrons. The van der Waals surface area contributed by atoms with Gasteiger partial charge in [-0.25, -0.2) is 0 Å². The molecule has 11 rings (SSSR count). The summed E-state index contributed by atoms with van der Waals surface area (Å²) in [7, 11) is 0. The summed E-state index contributed by atoms with van der Waals surface area (Å²) < 4.78 is 0. The van der Waals surface area contributed by atoms with Crippen LogP contribution in [0.2, 0.25) is 0 Å². The molecule has 0 fully saturated rings. The SMILES string of the molecule is CC1(C)c2cc(-c3cccc4ccccc34)ccc2-c2c(-c3ccc(N(c4ccccc4)c4cc5ccccc5c5ccccc45)cc3)ccc3cccc1c23. The predicted molar refractivity (Wildman–Crippen MR) is 240 cm³/mol. The molecule has 0 aromatic heterocycles. The van der Waals surface area contributed by atoms with Crippen LogP contribution in [0, 0.1) is 0 Å². The van der Waals surface area contributed by atoms with Crippen molar-refractivity contribution >= 4 is 60.2 Å². The lowest BCUT2D eigenvalue weighted by molar-refractivity contribution is 0.645. The molecule has 0 amide bonds. The van der Waals surface area contributed by atoms with Crippen LogP contribution in [-0.4, -0.2) is 0 Å². The first-order valence-electron chi connectivity index (χ1n) is 19.6. The highest BCUT2D eigenvalue weighted by Gasteiger charge is 2.35. The van der Waals surface area contributed by atoms with E-state index < -0.39 is 0 Å². The molecule has 0 bridgehead atoms. The van der Waals surface area contributed by atoms with Crippen molar-refractivity contribution in [1.82, 2.24) is 0 Å². The molecule has 0 atom stereocenters. The summed E-state index contributed by atoms with van der Waals surface area (Å²) in [6, 6.07) is 73.9. The lowest BCUT2D eigenvalue weighted by atomic mass is 9.67. The van der Waals surface area contributed by atoms with E-state index in [1.807, 2.05) is 0 Å². The van der Waals surface area contributed by atoms with E-state index >= 15 is 0 Å². The molecular weight excluding hydrogens is 675 g/mol. The summed E-state index contributed by atoms with van der Waals surface area (Å²) in [5.41, 5.74) is 13.6. The molecule has 10 aromatic carbocycles. The normalized spacial score (nSPS) is 13.0. The van der Waals surface area contributed by atoms with Crippen LogP contribution in [0.3, 0.4) is 0 Å².